The highest BCUT2D eigenvalue weighted by Gasteiger charge is 1.95. The van der Waals surface area contributed by atoms with Crippen LogP contribution in [0, 0.1) is 11.8 Å². The van der Waals surface area contributed by atoms with Crippen molar-refractivity contribution in [2.24, 2.45) is 0 Å². The second-order valence-corrected chi connectivity index (χ2v) is 3.98. The molecule has 0 fully saturated rings. The fraction of sp³-hybridized carbons (Fsp3) is 0.286. The maximum atomic E-state index is 5.50. The molecule has 1 rings (SSSR count). The Hall–Kier alpha value is -0.950. The van der Waals surface area contributed by atoms with Gasteiger partial charge in [0.25, 0.3) is 0 Å². The molecule has 1 aromatic rings. The van der Waals surface area contributed by atoms with Crippen molar-refractivity contribution < 1.29 is 4.74 Å². The smallest absolute Gasteiger partial charge is 0.149 e. The summed E-state index contributed by atoms with van der Waals surface area (Å²) in [6, 6.07) is 8.20. The Labute approximate surface area is 111 Å². The van der Waals surface area contributed by atoms with Gasteiger partial charge in [0.05, 0.1) is 0 Å². The second-order valence-electron chi connectivity index (χ2n) is 3.26. The Bertz CT molecular complexity index is 399. The molecule has 1 aromatic carbocycles. The first-order valence-corrected chi connectivity index (χ1v) is 6.48. The summed E-state index contributed by atoms with van der Waals surface area (Å²) in [5, 5.41) is 0. The van der Waals surface area contributed by atoms with E-state index >= 15 is 0 Å². The number of benzene rings is 1. The van der Waals surface area contributed by atoms with Crippen LogP contribution in [0.5, 0.6) is 5.75 Å². The molecule has 0 radical (unpaired) electrons. The van der Waals surface area contributed by atoms with Gasteiger partial charge in [0.1, 0.15) is 12.4 Å². The molecule has 0 N–H and O–H groups in total. The van der Waals surface area contributed by atoms with Gasteiger partial charge in [-0.25, -0.2) is 0 Å². The van der Waals surface area contributed by atoms with Gasteiger partial charge in [0.2, 0.25) is 0 Å². The van der Waals surface area contributed by atoms with Crippen LogP contribution in [0.25, 0.3) is 0 Å². The first kappa shape index (κ1) is 13.1. The van der Waals surface area contributed by atoms with Crippen molar-refractivity contribution >= 4 is 22.6 Å². The van der Waals surface area contributed by atoms with E-state index in [1.165, 1.54) is 5.56 Å². The zero-order valence-electron chi connectivity index (χ0n) is 9.37. The van der Waals surface area contributed by atoms with Crippen LogP contribution in [0.15, 0.2) is 34.4 Å². The number of rotatable bonds is 5. The van der Waals surface area contributed by atoms with Crippen molar-refractivity contribution in [3.8, 4) is 17.6 Å². The largest absolute Gasteiger partial charge is 0.481 e. The molecule has 1 nitrogen and oxygen atoms in total. The minimum Gasteiger partial charge on any atom is -0.481 e. The number of halogens is 1. The summed E-state index contributed by atoms with van der Waals surface area (Å²) in [4.78, 5) is 0. The summed E-state index contributed by atoms with van der Waals surface area (Å²) in [7, 11) is 0. The highest BCUT2D eigenvalue weighted by molar-refractivity contribution is 14.1. The van der Waals surface area contributed by atoms with Gasteiger partial charge in [0.15, 0.2) is 0 Å². The molecule has 0 aromatic heterocycles. The summed E-state index contributed by atoms with van der Waals surface area (Å²) in [5.41, 5.74) is 1.30. The molecule has 0 aliphatic rings. The van der Waals surface area contributed by atoms with E-state index in [-0.39, 0.29) is 0 Å². The fourth-order valence-electron chi connectivity index (χ4n) is 1.30. The third-order valence-corrected chi connectivity index (χ3v) is 2.58. The fourth-order valence-corrected chi connectivity index (χ4v) is 1.65. The molecule has 0 saturated heterocycles. The molecule has 0 atom stereocenters. The lowest BCUT2D eigenvalue weighted by molar-refractivity contribution is 0.370. The van der Waals surface area contributed by atoms with Crippen molar-refractivity contribution in [1.82, 2.24) is 0 Å². The van der Waals surface area contributed by atoms with Gasteiger partial charge in [-0.15, -0.1) is 5.92 Å². The van der Waals surface area contributed by atoms with Gasteiger partial charge in [-0.3, -0.25) is 0 Å². The minimum atomic E-state index is 0.466. The Morgan fingerprint density at radius 3 is 3.06 bits per heavy atom. The molecule has 84 valence electrons. The van der Waals surface area contributed by atoms with Gasteiger partial charge in [-0.1, -0.05) is 46.7 Å². The van der Waals surface area contributed by atoms with E-state index in [1.54, 1.807) is 0 Å². The van der Waals surface area contributed by atoms with Crippen molar-refractivity contribution in [3.63, 3.8) is 0 Å². The van der Waals surface area contributed by atoms with Crippen LogP contribution in [0.3, 0.4) is 0 Å². The predicted octanol–water partition coefficient (Wildman–Crippen LogP) is 3.97. The van der Waals surface area contributed by atoms with Crippen LogP contribution in [0.4, 0.5) is 0 Å². The van der Waals surface area contributed by atoms with E-state index in [0.717, 1.165) is 18.6 Å². The zero-order valence-corrected chi connectivity index (χ0v) is 11.5. The number of allylic oxidation sites excluding steroid dienone is 1. The second kappa shape index (κ2) is 8.23. The summed E-state index contributed by atoms with van der Waals surface area (Å²) >= 11 is 2.24. The van der Waals surface area contributed by atoms with E-state index in [1.807, 2.05) is 19.1 Å². The predicted molar refractivity (Wildman–Crippen MR) is 76.9 cm³/mol. The molecule has 0 aliphatic heterocycles. The lowest BCUT2D eigenvalue weighted by atomic mass is 10.1. The Kier molecular flexibility index (Phi) is 6.75. The number of hydrogen-bond acceptors (Lipinski definition) is 1. The highest BCUT2D eigenvalue weighted by atomic mass is 127. The van der Waals surface area contributed by atoms with Crippen LogP contribution < -0.4 is 4.74 Å². The molecule has 2 heteroatoms. The van der Waals surface area contributed by atoms with Gasteiger partial charge in [-0.2, -0.15) is 0 Å². The molecule has 0 heterocycles. The molecule has 16 heavy (non-hydrogen) atoms. The molecule has 0 amide bonds. The van der Waals surface area contributed by atoms with Crippen LogP contribution in [-0.2, 0) is 6.42 Å². The quantitative estimate of drug-likeness (QED) is 0.588. The van der Waals surface area contributed by atoms with E-state index in [4.69, 9.17) is 4.74 Å². The first-order valence-electron chi connectivity index (χ1n) is 5.23. The Morgan fingerprint density at radius 2 is 2.31 bits per heavy atom. The average Bonchev–Trinajstić information content (AvgIpc) is 2.30. The van der Waals surface area contributed by atoms with E-state index in [2.05, 4.69) is 56.7 Å². The van der Waals surface area contributed by atoms with Gasteiger partial charge in [0, 0.05) is 0 Å². The van der Waals surface area contributed by atoms with Crippen LogP contribution in [0.2, 0.25) is 0 Å². The minimum absolute atomic E-state index is 0.466. The highest BCUT2D eigenvalue weighted by Crippen LogP contribution is 2.14. The first-order chi connectivity index (χ1) is 7.86. The molecular formula is C14H15IO. The maximum Gasteiger partial charge on any atom is 0.149 e. The summed E-state index contributed by atoms with van der Waals surface area (Å²) in [6.45, 7) is 2.28. The Balaban J connectivity index is 2.51. The van der Waals surface area contributed by atoms with Gasteiger partial charge >= 0.3 is 0 Å². The lowest BCUT2D eigenvalue weighted by Gasteiger charge is -2.04. The zero-order chi connectivity index (χ0) is 11.6. The average molecular weight is 326 g/mol. The lowest BCUT2D eigenvalue weighted by Crippen LogP contribution is -1.94. The van der Waals surface area contributed by atoms with Crippen molar-refractivity contribution in [2.75, 3.05) is 6.61 Å². The van der Waals surface area contributed by atoms with Crippen LogP contribution in [0.1, 0.15) is 18.9 Å². The SMILES string of the molecule is CC#CCOc1cccc(CC/C=C/I)c1. The van der Waals surface area contributed by atoms with Crippen LogP contribution >= 0.6 is 22.6 Å². The topological polar surface area (TPSA) is 9.23 Å². The number of hydrogen-bond donors (Lipinski definition) is 0. The Morgan fingerprint density at radius 1 is 1.44 bits per heavy atom. The van der Waals surface area contributed by atoms with Crippen molar-refractivity contribution in [3.05, 3.63) is 40.0 Å². The van der Waals surface area contributed by atoms with E-state index in [0.29, 0.717) is 6.61 Å². The number of ether oxygens (including phenoxy) is 1. The molecule has 0 aliphatic carbocycles. The molecule has 0 unspecified atom stereocenters. The van der Waals surface area contributed by atoms with Crippen molar-refractivity contribution in [2.45, 2.75) is 19.8 Å². The number of aryl methyl sites for hydroxylation is 1. The van der Waals surface area contributed by atoms with Crippen molar-refractivity contribution in [1.29, 1.82) is 0 Å². The van der Waals surface area contributed by atoms with E-state index < -0.39 is 0 Å². The molecular weight excluding hydrogens is 311 g/mol. The van der Waals surface area contributed by atoms with E-state index in [9.17, 15) is 0 Å². The third kappa shape index (κ3) is 5.22. The third-order valence-electron chi connectivity index (χ3n) is 2.07. The summed E-state index contributed by atoms with van der Waals surface area (Å²) in [6.07, 6.45) is 4.29. The molecule has 0 bridgehead atoms. The van der Waals surface area contributed by atoms with Crippen LogP contribution in [-0.4, -0.2) is 6.61 Å². The maximum absolute atomic E-state index is 5.50. The summed E-state index contributed by atoms with van der Waals surface area (Å²) in [5.74, 6) is 6.60. The summed E-state index contributed by atoms with van der Waals surface area (Å²) < 4.78 is 7.55. The molecule has 0 saturated carbocycles. The molecule has 0 spiro atoms. The normalized spacial score (nSPS) is 9.88. The monoisotopic (exact) mass is 326 g/mol. The van der Waals surface area contributed by atoms with Gasteiger partial charge in [-0.05, 0) is 41.5 Å². The standard InChI is InChI=1S/C14H15IO/c1-2-3-11-16-14-9-6-8-13(12-14)7-4-5-10-15/h5-6,8-10,12H,4,7,11H2,1H3/b10-5+. The van der Waals surface area contributed by atoms with Gasteiger partial charge < -0.3 is 4.74 Å².